The van der Waals surface area contributed by atoms with Crippen molar-refractivity contribution < 1.29 is 14.3 Å². The Morgan fingerprint density at radius 3 is 2.27 bits per heavy atom. The number of hydrogen-bond donors (Lipinski definition) is 2. The van der Waals surface area contributed by atoms with Gasteiger partial charge in [0.15, 0.2) is 0 Å². The molecule has 0 radical (unpaired) electrons. The number of amides is 2. The summed E-state index contributed by atoms with van der Waals surface area (Å²) in [5.74, 6) is 0.379. The van der Waals surface area contributed by atoms with Crippen LogP contribution in [0.4, 0.5) is 11.4 Å². The molecule has 3 aromatic carbocycles. The van der Waals surface area contributed by atoms with Gasteiger partial charge in [0, 0.05) is 37.6 Å². The molecule has 3 N–H and O–H groups in total. The molecule has 0 spiro atoms. The fourth-order valence-corrected chi connectivity index (χ4v) is 7.07. The Balaban J connectivity index is 1.25. The van der Waals surface area contributed by atoms with Crippen LogP contribution in [0.5, 0.6) is 0 Å². The van der Waals surface area contributed by atoms with E-state index in [1.54, 1.807) is 0 Å². The smallest absolute Gasteiger partial charge is 0.227 e. The van der Waals surface area contributed by atoms with E-state index in [4.69, 9.17) is 10.5 Å². The van der Waals surface area contributed by atoms with Gasteiger partial charge in [0.2, 0.25) is 11.8 Å². The standard InChI is InChI=1S/C37H46N4O3/c38-32-14-16-33(17-15-32)41(36(42)24-27-7-2-1-3-8-27)26-28-9-6-12-30(23-28)31-13-18-35(40-19-21-44-22-20-40)34(25-31)39-37(43)29-10-4-5-11-29/h1-3,6-9,12-13,18,23,25,29,32-33H,4-5,10-11,14-17,19-22,24,26,38H2,(H,39,43). The van der Waals surface area contributed by atoms with E-state index in [9.17, 15) is 9.59 Å². The number of benzene rings is 3. The number of nitrogens with one attached hydrogen (secondary N) is 1. The average molecular weight is 595 g/mol. The minimum Gasteiger partial charge on any atom is -0.378 e. The van der Waals surface area contributed by atoms with Crippen LogP contribution in [0.1, 0.15) is 62.5 Å². The van der Waals surface area contributed by atoms with Crippen molar-refractivity contribution in [2.75, 3.05) is 36.5 Å². The number of carbonyl (C=O) groups is 2. The first-order chi connectivity index (χ1) is 21.5. The second-order valence-corrected chi connectivity index (χ2v) is 12.8. The topological polar surface area (TPSA) is 87.9 Å². The lowest BCUT2D eigenvalue weighted by molar-refractivity contribution is -0.134. The number of carbonyl (C=O) groups excluding carboxylic acids is 2. The van der Waals surface area contributed by atoms with E-state index in [-0.39, 0.29) is 29.8 Å². The third-order valence-corrected chi connectivity index (χ3v) is 9.65. The molecule has 0 bridgehead atoms. The van der Waals surface area contributed by atoms with Crippen LogP contribution in [-0.4, -0.2) is 55.1 Å². The number of nitrogens with two attached hydrogens (primary N) is 1. The van der Waals surface area contributed by atoms with Gasteiger partial charge in [-0.2, -0.15) is 0 Å². The number of hydrogen-bond acceptors (Lipinski definition) is 5. The van der Waals surface area contributed by atoms with Crippen molar-refractivity contribution in [2.45, 2.75) is 76.4 Å². The number of ether oxygens (including phenoxy) is 1. The summed E-state index contributed by atoms with van der Waals surface area (Å²) in [7, 11) is 0. The fraction of sp³-hybridized carbons (Fsp3) is 0.459. The van der Waals surface area contributed by atoms with Crippen LogP contribution in [0.25, 0.3) is 11.1 Å². The van der Waals surface area contributed by atoms with Gasteiger partial charge in [-0.15, -0.1) is 0 Å². The molecule has 3 aliphatic rings. The van der Waals surface area contributed by atoms with E-state index in [0.29, 0.717) is 26.2 Å². The van der Waals surface area contributed by atoms with E-state index in [1.807, 2.05) is 30.3 Å². The highest BCUT2D eigenvalue weighted by Crippen LogP contribution is 2.35. The van der Waals surface area contributed by atoms with E-state index < -0.39 is 0 Å². The van der Waals surface area contributed by atoms with Crippen molar-refractivity contribution in [1.82, 2.24) is 4.90 Å². The van der Waals surface area contributed by atoms with Crippen molar-refractivity contribution in [2.24, 2.45) is 11.7 Å². The fourth-order valence-electron chi connectivity index (χ4n) is 7.07. The minimum absolute atomic E-state index is 0.0910. The minimum atomic E-state index is 0.0910. The van der Waals surface area contributed by atoms with Crippen molar-refractivity contribution in [3.05, 3.63) is 83.9 Å². The number of morpholine rings is 1. The number of nitrogens with zero attached hydrogens (tertiary/aromatic N) is 2. The highest BCUT2D eigenvalue weighted by Gasteiger charge is 2.28. The number of rotatable bonds is 9. The summed E-state index contributed by atoms with van der Waals surface area (Å²) in [5, 5.41) is 3.31. The SMILES string of the molecule is NC1CCC(N(Cc2cccc(-c3ccc(N4CCOCC4)c(NC(=O)C4CCCC4)c3)c2)C(=O)Cc2ccccc2)CC1. The van der Waals surface area contributed by atoms with E-state index in [1.165, 1.54) is 0 Å². The Labute approximate surface area is 261 Å². The van der Waals surface area contributed by atoms with Crippen molar-refractivity contribution in [1.29, 1.82) is 0 Å². The molecule has 1 aliphatic heterocycles. The first kappa shape index (κ1) is 30.4. The van der Waals surface area contributed by atoms with Gasteiger partial charge in [-0.05, 0) is 79.0 Å². The molecule has 2 amide bonds. The molecule has 1 heterocycles. The Bertz CT molecular complexity index is 1410. The van der Waals surface area contributed by atoms with Crippen LogP contribution < -0.4 is 16.0 Å². The maximum absolute atomic E-state index is 13.7. The van der Waals surface area contributed by atoms with Crippen molar-refractivity contribution in [3.63, 3.8) is 0 Å². The van der Waals surface area contributed by atoms with Crippen LogP contribution in [0.2, 0.25) is 0 Å². The lowest BCUT2D eigenvalue weighted by atomic mass is 9.90. The van der Waals surface area contributed by atoms with E-state index >= 15 is 0 Å². The summed E-state index contributed by atoms with van der Waals surface area (Å²) in [6.45, 7) is 3.55. The monoisotopic (exact) mass is 594 g/mol. The largest absolute Gasteiger partial charge is 0.378 e. The average Bonchev–Trinajstić information content (AvgIpc) is 3.61. The second kappa shape index (κ2) is 14.4. The molecule has 2 saturated carbocycles. The second-order valence-electron chi connectivity index (χ2n) is 12.8. The molecule has 232 valence electrons. The zero-order valence-electron chi connectivity index (χ0n) is 25.8. The Hall–Kier alpha value is -3.68. The molecule has 2 aliphatic carbocycles. The van der Waals surface area contributed by atoms with Crippen LogP contribution in [0.15, 0.2) is 72.8 Å². The predicted octanol–water partition coefficient (Wildman–Crippen LogP) is 6.16. The molecular weight excluding hydrogens is 548 g/mol. The normalized spacial score (nSPS) is 20.8. The third kappa shape index (κ3) is 7.51. The van der Waals surface area contributed by atoms with E-state index in [2.05, 4.69) is 57.6 Å². The van der Waals surface area contributed by atoms with Crippen molar-refractivity contribution in [3.8, 4) is 11.1 Å². The molecule has 3 fully saturated rings. The molecule has 6 rings (SSSR count). The molecule has 0 aromatic heterocycles. The van der Waals surface area contributed by atoms with Gasteiger partial charge < -0.3 is 25.6 Å². The molecule has 7 nitrogen and oxygen atoms in total. The lowest BCUT2D eigenvalue weighted by Gasteiger charge is -2.36. The van der Waals surface area contributed by atoms with Gasteiger partial charge in [0.25, 0.3) is 0 Å². The maximum atomic E-state index is 13.7. The molecule has 0 atom stereocenters. The van der Waals surface area contributed by atoms with Crippen LogP contribution in [0.3, 0.4) is 0 Å². The lowest BCUT2D eigenvalue weighted by Crippen LogP contribution is -2.44. The Morgan fingerprint density at radius 1 is 0.818 bits per heavy atom. The first-order valence-electron chi connectivity index (χ1n) is 16.5. The van der Waals surface area contributed by atoms with Gasteiger partial charge >= 0.3 is 0 Å². The molecule has 1 saturated heterocycles. The van der Waals surface area contributed by atoms with Crippen LogP contribution in [0, 0.1) is 5.92 Å². The molecule has 3 aromatic rings. The van der Waals surface area contributed by atoms with Crippen LogP contribution >= 0.6 is 0 Å². The highest BCUT2D eigenvalue weighted by molar-refractivity contribution is 5.97. The summed E-state index contributed by atoms with van der Waals surface area (Å²) < 4.78 is 5.60. The van der Waals surface area contributed by atoms with Gasteiger partial charge in [-0.25, -0.2) is 0 Å². The Kier molecular flexibility index (Phi) is 9.93. The zero-order valence-corrected chi connectivity index (χ0v) is 25.8. The summed E-state index contributed by atoms with van der Waals surface area (Å²) >= 11 is 0. The molecule has 0 unspecified atom stereocenters. The summed E-state index contributed by atoms with van der Waals surface area (Å²) in [6.07, 6.45) is 8.35. The number of anilines is 2. The van der Waals surface area contributed by atoms with Crippen LogP contribution in [-0.2, 0) is 27.3 Å². The van der Waals surface area contributed by atoms with Gasteiger partial charge in [0.1, 0.15) is 0 Å². The summed E-state index contributed by atoms with van der Waals surface area (Å²) in [5.41, 5.74) is 12.4. The quantitative estimate of drug-likeness (QED) is 0.310. The van der Waals surface area contributed by atoms with Crippen molar-refractivity contribution >= 4 is 23.2 Å². The Morgan fingerprint density at radius 2 is 1.52 bits per heavy atom. The molecule has 44 heavy (non-hydrogen) atoms. The predicted molar refractivity (Wildman–Crippen MR) is 176 cm³/mol. The van der Waals surface area contributed by atoms with Gasteiger partial charge in [0.05, 0.1) is 31.0 Å². The van der Waals surface area contributed by atoms with E-state index in [0.717, 1.165) is 98.1 Å². The summed E-state index contributed by atoms with van der Waals surface area (Å²) in [4.78, 5) is 31.4. The summed E-state index contributed by atoms with van der Waals surface area (Å²) in [6, 6.07) is 25.4. The zero-order chi connectivity index (χ0) is 30.3. The maximum Gasteiger partial charge on any atom is 0.227 e. The highest BCUT2D eigenvalue weighted by atomic mass is 16.5. The molecule has 7 heteroatoms. The molecular formula is C37H46N4O3. The van der Waals surface area contributed by atoms with Gasteiger partial charge in [-0.1, -0.05) is 67.4 Å². The first-order valence-corrected chi connectivity index (χ1v) is 16.5. The van der Waals surface area contributed by atoms with Gasteiger partial charge in [-0.3, -0.25) is 9.59 Å². The third-order valence-electron chi connectivity index (χ3n) is 9.65.